The van der Waals surface area contributed by atoms with E-state index in [4.69, 9.17) is 16.3 Å². The summed E-state index contributed by atoms with van der Waals surface area (Å²) in [7, 11) is 1.33. The Bertz CT molecular complexity index is 1030. The van der Waals surface area contributed by atoms with Crippen LogP contribution in [0.1, 0.15) is 53.6 Å². The van der Waals surface area contributed by atoms with Crippen molar-refractivity contribution >= 4 is 34.3 Å². The van der Waals surface area contributed by atoms with Gasteiger partial charge in [-0.05, 0) is 24.6 Å². The number of hydrogen-bond donors (Lipinski definition) is 0. The number of ketones is 1. The third kappa shape index (κ3) is 4.08. The fourth-order valence-corrected chi connectivity index (χ4v) is 4.14. The van der Waals surface area contributed by atoms with Crippen molar-refractivity contribution in [2.45, 2.75) is 45.3 Å². The summed E-state index contributed by atoms with van der Waals surface area (Å²) in [6.45, 7) is 6.02. The minimum absolute atomic E-state index is 0.0319. The van der Waals surface area contributed by atoms with Gasteiger partial charge in [-0.3, -0.25) is 4.79 Å². The van der Waals surface area contributed by atoms with Gasteiger partial charge in [0.2, 0.25) is 5.13 Å². The topological polar surface area (TPSA) is 48.3 Å². The van der Waals surface area contributed by atoms with Crippen LogP contribution < -0.4 is 0 Å². The molecule has 1 aromatic heterocycles. The fraction of sp³-hybridized carbons (Fsp3) is 0.417. The van der Waals surface area contributed by atoms with Crippen LogP contribution in [0, 0.1) is 11.8 Å². The Balaban J connectivity index is 2.27. The molecule has 0 bridgehead atoms. The number of esters is 1. The number of Topliss-reactive ketones (excluding diaryl/α,β-unsaturated/α-hetero) is 1. The average molecular weight is 432 g/mol. The molecule has 2 unspecified atom stereocenters. The molecule has 0 amide bonds. The van der Waals surface area contributed by atoms with E-state index in [0.29, 0.717) is 23.1 Å². The molecule has 1 heterocycles. The van der Waals surface area contributed by atoms with Gasteiger partial charge in [0.1, 0.15) is 0 Å². The normalized spacial score (nSPS) is 20.8. The highest BCUT2D eigenvalue weighted by molar-refractivity contribution is 6.24. The summed E-state index contributed by atoms with van der Waals surface area (Å²) in [5.74, 6) is -1.23. The summed E-state index contributed by atoms with van der Waals surface area (Å²) in [6.07, 6.45) is 7.92. The number of ether oxygens (including phenoxy) is 1. The molecule has 2 atom stereocenters. The van der Waals surface area contributed by atoms with Crippen molar-refractivity contribution in [3.63, 3.8) is 0 Å². The Morgan fingerprint density at radius 2 is 2.03 bits per heavy atom. The number of benzene rings is 1. The molecule has 0 radical (unpaired) electrons. The molecule has 0 saturated carbocycles. The fourth-order valence-electron chi connectivity index (χ4n) is 3.93. The maximum absolute atomic E-state index is 15.0. The molecule has 160 valence electrons. The van der Waals surface area contributed by atoms with Gasteiger partial charge in [-0.25, -0.2) is 9.18 Å². The molecular weight excluding hydrogens is 405 g/mol. The number of halogens is 2. The molecule has 0 fully saturated rings. The number of methoxy groups -OCH3 is 1. The molecule has 0 N–H and O–H groups in total. The van der Waals surface area contributed by atoms with E-state index in [1.807, 2.05) is 25.3 Å². The van der Waals surface area contributed by atoms with Crippen LogP contribution in [0.2, 0.25) is 0 Å². The van der Waals surface area contributed by atoms with Gasteiger partial charge in [-0.15, -0.1) is 0 Å². The van der Waals surface area contributed by atoms with Crippen LogP contribution in [-0.2, 0) is 17.7 Å². The summed E-state index contributed by atoms with van der Waals surface area (Å²) < 4.78 is 21.8. The van der Waals surface area contributed by atoms with Crippen LogP contribution >= 0.6 is 11.6 Å². The second-order valence-corrected chi connectivity index (χ2v) is 8.53. The standard InChI is InChI=1S/C24H27ClFNO3/c1-5-8-19-21(22(28)15(2)3)18-11-10-16(23(29)30-4)13-20(18)27(19)14-17-9-6-7-12-24(17,25)26/h6-7,9-13,15,17H,5,8,14H2,1-4H3. The lowest BCUT2D eigenvalue weighted by Crippen LogP contribution is -2.29. The van der Waals surface area contributed by atoms with Gasteiger partial charge in [0, 0.05) is 40.5 Å². The summed E-state index contributed by atoms with van der Waals surface area (Å²) >= 11 is 6.13. The molecule has 30 heavy (non-hydrogen) atoms. The van der Waals surface area contributed by atoms with Crippen LogP contribution in [0.4, 0.5) is 4.39 Å². The number of carbonyl (C=O) groups excluding carboxylic acids is 2. The highest BCUT2D eigenvalue weighted by atomic mass is 35.5. The zero-order valence-corrected chi connectivity index (χ0v) is 18.5. The number of hydrogen-bond acceptors (Lipinski definition) is 3. The van der Waals surface area contributed by atoms with Crippen molar-refractivity contribution in [1.82, 2.24) is 4.57 Å². The first-order valence-corrected chi connectivity index (χ1v) is 10.6. The zero-order valence-electron chi connectivity index (χ0n) is 17.7. The Kier molecular flexibility index (Phi) is 6.51. The largest absolute Gasteiger partial charge is 0.465 e. The maximum atomic E-state index is 15.0. The van der Waals surface area contributed by atoms with Gasteiger partial charge in [0.25, 0.3) is 0 Å². The molecule has 4 nitrogen and oxygen atoms in total. The molecule has 2 aromatic rings. The molecule has 3 rings (SSSR count). The second-order valence-electron chi connectivity index (χ2n) is 7.95. The number of fused-ring (bicyclic) bond motifs is 1. The van der Waals surface area contributed by atoms with Crippen LogP contribution in [0.15, 0.2) is 42.5 Å². The van der Waals surface area contributed by atoms with Gasteiger partial charge >= 0.3 is 5.97 Å². The number of alkyl halides is 2. The Morgan fingerprint density at radius 3 is 2.63 bits per heavy atom. The zero-order chi connectivity index (χ0) is 22.1. The number of nitrogens with zero attached hydrogens (tertiary/aromatic N) is 1. The lowest BCUT2D eigenvalue weighted by Gasteiger charge is -2.27. The number of carbonyl (C=O) groups is 2. The Labute approximate surface area is 181 Å². The lowest BCUT2D eigenvalue weighted by atomic mass is 9.96. The van der Waals surface area contributed by atoms with Crippen molar-refractivity contribution < 1.29 is 18.7 Å². The first-order valence-electron chi connectivity index (χ1n) is 10.2. The van der Waals surface area contributed by atoms with E-state index >= 15 is 0 Å². The van der Waals surface area contributed by atoms with Crippen molar-refractivity contribution in [1.29, 1.82) is 0 Å². The summed E-state index contributed by atoms with van der Waals surface area (Å²) in [5, 5.41) is -1.25. The van der Waals surface area contributed by atoms with Gasteiger partial charge in [-0.2, -0.15) is 0 Å². The minimum atomic E-state index is -2.02. The Hall–Kier alpha value is -2.40. The Morgan fingerprint density at radius 1 is 1.30 bits per heavy atom. The van der Waals surface area contributed by atoms with E-state index in [-0.39, 0.29) is 18.2 Å². The average Bonchev–Trinajstić information content (AvgIpc) is 3.00. The first kappa shape index (κ1) is 22.3. The van der Waals surface area contributed by atoms with Gasteiger partial charge in [-0.1, -0.05) is 63.1 Å². The molecule has 1 aromatic carbocycles. The van der Waals surface area contributed by atoms with Crippen LogP contribution in [0.3, 0.4) is 0 Å². The minimum Gasteiger partial charge on any atom is -0.465 e. The van der Waals surface area contributed by atoms with E-state index in [2.05, 4.69) is 0 Å². The lowest BCUT2D eigenvalue weighted by molar-refractivity contribution is 0.0600. The highest BCUT2D eigenvalue weighted by Gasteiger charge is 2.36. The number of allylic oxidation sites excluding steroid dienone is 4. The monoisotopic (exact) mass is 431 g/mol. The van der Waals surface area contributed by atoms with Crippen molar-refractivity contribution in [2.24, 2.45) is 11.8 Å². The van der Waals surface area contributed by atoms with Crippen LogP contribution in [-0.4, -0.2) is 28.6 Å². The predicted octanol–water partition coefficient (Wildman–Crippen LogP) is 5.87. The molecular formula is C24H27ClFNO3. The third-order valence-corrected chi connectivity index (χ3v) is 5.90. The van der Waals surface area contributed by atoms with Gasteiger partial charge < -0.3 is 9.30 Å². The molecule has 6 heteroatoms. The maximum Gasteiger partial charge on any atom is 0.337 e. The number of rotatable bonds is 7. The summed E-state index contributed by atoms with van der Waals surface area (Å²) in [4.78, 5) is 25.3. The molecule has 0 aliphatic heterocycles. The van der Waals surface area contributed by atoms with E-state index < -0.39 is 17.0 Å². The highest BCUT2D eigenvalue weighted by Crippen LogP contribution is 2.37. The SMILES string of the molecule is CCCc1c(C(=O)C(C)C)c2ccc(C(=O)OC)cc2n1CC1C=CC=CC1(F)Cl. The van der Waals surface area contributed by atoms with E-state index in [0.717, 1.165) is 17.5 Å². The van der Waals surface area contributed by atoms with Crippen molar-refractivity contribution in [2.75, 3.05) is 7.11 Å². The number of aromatic nitrogens is 1. The molecule has 1 aliphatic rings. The summed E-state index contributed by atoms with van der Waals surface area (Å²) in [6, 6.07) is 5.16. The van der Waals surface area contributed by atoms with E-state index in [9.17, 15) is 14.0 Å². The van der Waals surface area contributed by atoms with Crippen LogP contribution in [0.5, 0.6) is 0 Å². The van der Waals surface area contributed by atoms with Crippen molar-refractivity contribution in [3.8, 4) is 0 Å². The molecule has 1 aliphatic carbocycles. The first-order chi connectivity index (χ1) is 14.2. The smallest absolute Gasteiger partial charge is 0.337 e. The van der Waals surface area contributed by atoms with Crippen LogP contribution in [0.25, 0.3) is 10.9 Å². The molecule has 0 spiro atoms. The van der Waals surface area contributed by atoms with Crippen molar-refractivity contribution in [3.05, 3.63) is 59.3 Å². The summed E-state index contributed by atoms with van der Waals surface area (Å²) in [5.41, 5.74) is 2.59. The third-order valence-electron chi connectivity index (χ3n) is 5.50. The second kappa shape index (κ2) is 8.76. The predicted molar refractivity (Wildman–Crippen MR) is 118 cm³/mol. The van der Waals surface area contributed by atoms with E-state index in [1.165, 1.54) is 13.2 Å². The molecule has 0 saturated heterocycles. The van der Waals surface area contributed by atoms with Gasteiger partial charge in [0.05, 0.1) is 12.7 Å². The van der Waals surface area contributed by atoms with E-state index in [1.54, 1.807) is 36.4 Å². The van der Waals surface area contributed by atoms with Gasteiger partial charge in [0.15, 0.2) is 5.78 Å². The quantitative estimate of drug-likeness (QED) is 0.313.